The van der Waals surface area contributed by atoms with Crippen LogP contribution in [-0.4, -0.2) is 11.0 Å². The molecule has 0 aromatic heterocycles. The predicted octanol–water partition coefficient (Wildman–Crippen LogP) is 4.33. The van der Waals surface area contributed by atoms with Crippen molar-refractivity contribution in [3.8, 4) is 0 Å². The summed E-state index contributed by atoms with van der Waals surface area (Å²) >= 11 is 8.45. The average molecular weight is 381 g/mol. The number of carbonyl (C=O) groups is 1. The lowest BCUT2D eigenvalue weighted by molar-refractivity contribution is 0.0977. The molecule has 0 spiro atoms. The van der Waals surface area contributed by atoms with Gasteiger partial charge in [0.2, 0.25) is 0 Å². The van der Waals surface area contributed by atoms with Gasteiger partial charge in [0, 0.05) is 15.7 Å². The smallest absolute Gasteiger partial charge is 0.257 e. The summed E-state index contributed by atoms with van der Waals surface area (Å²) in [5, 5.41) is 5.46. The van der Waals surface area contributed by atoms with Crippen LogP contribution in [0.25, 0.3) is 0 Å². The highest BCUT2D eigenvalue weighted by Crippen LogP contribution is 2.17. The van der Waals surface area contributed by atoms with Gasteiger partial charge < -0.3 is 5.32 Å². The molecular formula is C16H14BrFN2OS. The van der Waals surface area contributed by atoms with Crippen LogP contribution >= 0.6 is 28.1 Å². The molecule has 0 aliphatic carbocycles. The lowest BCUT2D eigenvalue weighted by Gasteiger charge is -2.10. The number of halogens is 2. The largest absolute Gasteiger partial charge is 0.332 e. The number of hydrogen-bond donors (Lipinski definition) is 2. The number of nitrogens with one attached hydrogen (secondary N) is 2. The Kier molecular flexibility index (Phi) is 5.26. The summed E-state index contributed by atoms with van der Waals surface area (Å²) in [6.45, 7) is 3.61. The molecule has 114 valence electrons. The molecule has 2 N–H and O–H groups in total. The van der Waals surface area contributed by atoms with Gasteiger partial charge in [0.05, 0.1) is 0 Å². The van der Waals surface area contributed by atoms with E-state index in [1.807, 2.05) is 13.0 Å². The number of thiocarbonyl (C=S) groups is 1. The van der Waals surface area contributed by atoms with Crippen molar-refractivity contribution in [3.63, 3.8) is 0 Å². The first-order valence-corrected chi connectivity index (χ1v) is 7.71. The van der Waals surface area contributed by atoms with Gasteiger partial charge in [0.25, 0.3) is 5.91 Å². The van der Waals surface area contributed by atoms with Crippen LogP contribution in [0.15, 0.2) is 40.9 Å². The molecule has 0 fully saturated rings. The molecule has 1 amide bonds. The van der Waals surface area contributed by atoms with E-state index in [2.05, 4.69) is 26.6 Å². The van der Waals surface area contributed by atoms with Crippen LogP contribution < -0.4 is 10.6 Å². The average Bonchev–Trinajstić information content (AvgIpc) is 2.45. The third-order valence-corrected chi connectivity index (χ3v) is 4.15. The Balaban J connectivity index is 2.03. The number of hydrogen-bond acceptors (Lipinski definition) is 2. The zero-order chi connectivity index (χ0) is 16.3. The van der Waals surface area contributed by atoms with E-state index < -0.39 is 0 Å². The molecule has 2 aromatic rings. The van der Waals surface area contributed by atoms with Crippen LogP contribution in [0.5, 0.6) is 0 Å². The summed E-state index contributed by atoms with van der Waals surface area (Å²) in [6.07, 6.45) is 0. The minimum absolute atomic E-state index is 0.116. The van der Waals surface area contributed by atoms with Crippen LogP contribution in [0.1, 0.15) is 21.5 Å². The van der Waals surface area contributed by atoms with Crippen molar-refractivity contribution in [2.75, 3.05) is 5.32 Å². The van der Waals surface area contributed by atoms with E-state index in [9.17, 15) is 9.18 Å². The first-order valence-electron chi connectivity index (χ1n) is 6.51. The lowest BCUT2D eigenvalue weighted by Crippen LogP contribution is -2.34. The van der Waals surface area contributed by atoms with Crippen LogP contribution in [0.3, 0.4) is 0 Å². The highest BCUT2D eigenvalue weighted by Gasteiger charge is 2.10. The molecule has 0 aliphatic rings. The third-order valence-electron chi connectivity index (χ3n) is 3.09. The van der Waals surface area contributed by atoms with Gasteiger partial charge in [0.1, 0.15) is 5.82 Å². The number of carbonyl (C=O) groups excluding carboxylic acids is 1. The summed E-state index contributed by atoms with van der Waals surface area (Å²) in [4.78, 5) is 12.1. The van der Waals surface area contributed by atoms with E-state index in [1.165, 1.54) is 6.07 Å². The molecule has 3 nitrogen and oxygen atoms in total. The molecule has 6 heteroatoms. The van der Waals surface area contributed by atoms with Crippen molar-refractivity contribution in [3.05, 3.63) is 63.4 Å². The van der Waals surface area contributed by atoms with Crippen LogP contribution in [0.4, 0.5) is 10.1 Å². The fraction of sp³-hybridized carbons (Fsp3) is 0.125. The second-order valence-electron chi connectivity index (χ2n) is 4.84. The van der Waals surface area contributed by atoms with Gasteiger partial charge in [-0.3, -0.25) is 10.1 Å². The number of anilines is 1. The zero-order valence-electron chi connectivity index (χ0n) is 12.0. The van der Waals surface area contributed by atoms with Crippen molar-refractivity contribution < 1.29 is 9.18 Å². The van der Waals surface area contributed by atoms with Gasteiger partial charge in [-0.15, -0.1) is 0 Å². The monoisotopic (exact) mass is 380 g/mol. The number of rotatable bonds is 2. The summed E-state index contributed by atoms with van der Waals surface area (Å²) < 4.78 is 14.3. The Bertz CT molecular complexity index is 749. The number of amides is 1. The molecule has 0 saturated carbocycles. The summed E-state index contributed by atoms with van der Waals surface area (Å²) in [5.41, 5.74) is 2.55. The Morgan fingerprint density at radius 1 is 1.14 bits per heavy atom. The zero-order valence-corrected chi connectivity index (χ0v) is 14.4. The molecule has 0 aliphatic heterocycles. The number of benzene rings is 2. The highest BCUT2D eigenvalue weighted by molar-refractivity contribution is 9.10. The topological polar surface area (TPSA) is 41.1 Å². The van der Waals surface area contributed by atoms with Crippen molar-refractivity contribution in [1.29, 1.82) is 0 Å². The quantitative estimate of drug-likeness (QED) is 0.761. The predicted molar refractivity (Wildman–Crippen MR) is 93.7 cm³/mol. The maximum Gasteiger partial charge on any atom is 0.257 e. The van der Waals surface area contributed by atoms with Crippen molar-refractivity contribution in [2.24, 2.45) is 0 Å². The van der Waals surface area contributed by atoms with Crippen LogP contribution in [0.2, 0.25) is 0 Å². The lowest BCUT2D eigenvalue weighted by atomic mass is 10.1. The summed E-state index contributed by atoms with van der Waals surface area (Å²) in [6, 6.07) is 9.93. The first-order chi connectivity index (χ1) is 10.4. The molecule has 0 atom stereocenters. The van der Waals surface area contributed by atoms with Crippen LogP contribution in [0, 0.1) is 19.7 Å². The highest BCUT2D eigenvalue weighted by atomic mass is 79.9. The van der Waals surface area contributed by atoms with Crippen molar-refractivity contribution in [2.45, 2.75) is 13.8 Å². The Labute approximate surface area is 142 Å². The van der Waals surface area contributed by atoms with E-state index in [0.717, 1.165) is 10.0 Å². The molecular weight excluding hydrogens is 367 g/mol. The van der Waals surface area contributed by atoms with Gasteiger partial charge in [-0.2, -0.15) is 0 Å². The molecule has 0 radical (unpaired) electrons. The summed E-state index contributed by atoms with van der Waals surface area (Å²) in [7, 11) is 0. The molecule has 0 heterocycles. The van der Waals surface area contributed by atoms with Gasteiger partial charge >= 0.3 is 0 Å². The Hall–Kier alpha value is -1.79. The Morgan fingerprint density at radius 3 is 2.45 bits per heavy atom. The molecule has 0 saturated heterocycles. The van der Waals surface area contributed by atoms with E-state index in [4.69, 9.17) is 12.2 Å². The maximum absolute atomic E-state index is 13.5. The Morgan fingerprint density at radius 2 is 1.82 bits per heavy atom. The second-order valence-corrected chi connectivity index (χ2v) is 6.10. The van der Waals surface area contributed by atoms with Gasteiger partial charge in [0.15, 0.2) is 5.11 Å². The molecule has 2 rings (SSSR count). The van der Waals surface area contributed by atoms with E-state index >= 15 is 0 Å². The minimum atomic E-state index is -0.332. The van der Waals surface area contributed by atoms with E-state index in [-0.39, 0.29) is 16.8 Å². The van der Waals surface area contributed by atoms with E-state index in [0.29, 0.717) is 16.8 Å². The van der Waals surface area contributed by atoms with Crippen LogP contribution in [-0.2, 0) is 0 Å². The number of aryl methyl sites for hydroxylation is 2. The molecule has 0 bridgehead atoms. The van der Waals surface area contributed by atoms with Gasteiger partial charge in [-0.05, 0) is 61.5 Å². The van der Waals surface area contributed by atoms with Crippen molar-refractivity contribution in [1.82, 2.24) is 5.32 Å². The van der Waals surface area contributed by atoms with Gasteiger partial charge in [-0.1, -0.05) is 28.1 Å². The fourth-order valence-corrected chi connectivity index (χ4v) is 2.33. The maximum atomic E-state index is 13.5. The molecule has 22 heavy (non-hydrogen) atoms. The SMILES string of the molecule is Cc1ccc(NC(=S)NC(=O)c2ccc(C)c(Br)c2)cc1F. The van der Waals surface area contributed by atoms with Crippen molar-refractivity contribution >= 4 is 44.9 Å². The van der Waals surface area contributed by atoms with E-state index in [1.54, 1.807) is 31.2 Å². The first kappa shape index (κ1) is 16.6. The summed E-state index contributed by atoms with van der Waals surface area (Å²) in [5.74, 6) is -0.660. The standard InChI is InChI=1S/C16H14BrFN2OS/c1-9-3-5-11(7-13(9)17)15(21)20-16(22)19-12-6-4-10(2)14(18)8-12/h3-8H,1-2H3,(H2,19,20,21,22). The third kappa shape index (κ3) is 4.11. The molecule has 0 unspecified atom stereocenters. The molecule has 2 aromatic carbocycles. The van der Waals surface area contributed by atoms with Gasteiger partial charge in [-0.25, -0.2) is 4.39 Å². The normalized spacial score (nSPS) is 10.2. The fourth-order valence-electron chi connectivity index (χ4n) is 1.74. The minimum Gasteiger partial charge on any atom is -0.332 e. The second kappa shape index (κ2) is 6.98.